The lowest BCUT2D eigenvalue weighted by Crippen LogP contribution is -2.48. The highest BCUT2D eigenvalue weighted by Gasteiger charge is 2.29. The molecule has 5 nitrogen and oxygen atoms in total. The summed E-state index contributed by atoms with van der Waals surface area (Å²) in [7, 11) is -3.54. The topological polar surface area (TPSA) is 49.9 Å². The van der Waals surface area contributed by atoms with Gasteiger partial charge in [0, 0.05) is 31.9 Å². The van der Waals surface area contributed by atoms with Gasteiger partial charge in [-0.25, -0.2) is 8.42 Å². The molecule has 0 atom stereocenters. The molecule has 1 heterocycles. The van der Waals surface area contributed by atoms with Crippen molar-refractivity contribution in [2.45, 2.75) is 25.2 Å². The highest BCUT2D eigenvalue weighted by molar-refractivity contribution is 7.89. The number of rotatable bonds is 6. The maximum Gasteiger partial charge on any atom is 0.243 e. The number of halogens is 2. The largest absolute Gasteiger partial charge is 0.493 e. The van der Waals surface area contributed by atoms with Crippen LogP contribution in [0.1, 0.15) is 18.9 Å². The summed E-state index contributed by atoms with van der Waals surface area (Å²) in [5.74, 6) is 0.727. The lowest BCUT2D eigenvalue weighted by atomic mass is 10.2. The average molecular weight is 443 g/mol. The van der Waals surface area contributed by atoms with E-state index in [1.165, 1.54) is 4.31 Å². The van der Waals surface area contributed by atoms with Crippen molar-refractivity contribution in [2.24, 2.45) is 0 Å². The smallest absolute Gasteiger partial charge is 0.243 e. The van der Waals surface area contributed by atoms with Gasteiger partial charge in [-0.3, -0.25) is 0 Å². The van der Waals surface area contributed by atoms with E-state index >= 15 is 0 Å². The molecule has 0 radical (unpaired) electrons. The van der Waals surface area contributed by atoms with E-state index in [9.17, 15) is 8.42 Å². The first-order valence-corrected chi connectivity index (χ1v) is 11.5. The Balaban J connectivity index is 1.70. The minimum atomic E-state index is -3.54. The molecule has 1 aliphatic rings. The molecule has 1 saturated heterocycles. The Hall–Kier alpha value is -1.47. The number of nitrogens with zero attached hydrogens (tertiary/aromatic N) is 2. The summed E-state index contributed by atoms with van der Waals surface area (Å²) in [5.41, 5.74) is 1.77. The van der Waals surface area contributed by atoms with Crippen LogP contribution in [-0.4, -0.2) is 45.5 Å². The maximum absolute atomic E-state index is 13.0. The van der Waals surface area contributed by atoms with Crippen LogP contribution in [0.25, 0.3) is 0 Å². The van der Waals surface area contributed by atoms with Gasteiger partial charge in [0.2, 0.25) is 10.0 Å². The zero-order valence-electron chi connectivity index (χ0n) is 16.0. The van der Waals surface area contributed by atoms with Crippen LogP contribution in [0.3, 0.4) is 0 Å². The lowest BCUT2D eigenvalue weighted by Gasteiger charge is -2.35. The molecule has 0 bridgehead atoms. The zero-order valence-corrected chi connectivity index (χ0v) is 18.3. The van der Waals surface area contributed by atoms with Crippen LogP contribution in [0.15, 0.2) is 41.3 Å². The summed E-state index contributed by atoms with van der Waals surface area (Å²) in [6.45, 7) is 6.52. The Morgan fingerprint density at radius 2 is 1.71 bits per heavy atom. The molecule has 152 valence electrons. The van der Waals surface area contributed by atoms with Crippen molar-refractivity contribution >= 4 is 38.9 Å². The van der Waals surface area contributed by atoms with E-state index < -0.39 is 10.0 Å². The summed E-state index contributed by atoms with van der Waals surface area (Å²) < 4.78 is 33.2. The number of hydrogen-bond acceptors (Lipinski definition) is 4. The molecule has 1 fully saturated rings. The number of sulfonamides is 1. The molecule has 2 aromatic rings. The van der Waals surface area contributed by atoms with Gasteiger partial charge in [0.15, 0.2) is 0 Å². The lowest BCUT2D eigenvalue weighted by molar-refractivity contribution is 0.315. The third-order valence-corrected chi connectivity index (χ3v) is 7.39. The van der Waals surface area contributed by atoms with E-state index in [1.807, 2.05) is 26.0 Å². The van der Waals surface area contributed by atoms with Crippen LogP contribution in [0.5, 0.6) is 5.75 Å². The van der Waals surface area contributed by atoms with Gasteiger partial charge < -0.3 is 9.64 Å². The molecule has 0 aliphatic carbocycles. The molecule has 0 spiro atoms. The summed E-state index contributed by atoms with van der Waals surface area (Å²) in [4.78, 5) is 2.41. The fourth-order valence-corrected chi connectivity index (χ4v) is 4.97. The van der Waals surface area contributed by atoms with E-state index in [0.717, 1.165) is 23.4 Å². The Labute approximate surface area is 176 Å². The van der Waals surface area contributed by atoms with Crippen LogP contribution < -0.4 is 9.64 Å². The molecule has 3 rings (SSSR count). The summed E-state index contributed by atoms with van der Waals surface area (Å²) in [6, 6.07) is 10.5. The average Bonchev–Trinajstić information content (AvgIpc) is 2.69. The fraction of sp³-hybridized carbons (Fsp3) is 0.400. The summed E-state index contributed by atoms with van der Waals surface area (Å²) in [6.07, 6.45) is 0.905. The molecule has 1 aliphatic heterocycles. The van der Waals surface area contributed by atoms with Gasteiger partial charge in [-0.05, 0) is 55.3 Å². The highest BCUT2D eigenvalue weighted by Crippen LogP contribution is 2.29. The summed E-state index contributed by atoms with van der Waals surface area (Å²) in [5, 5.41) is 1.00. The van der Waals surface area contributed by atoms with Crippen molar-refractivity contribution in [3.63, 3.8) is 0 Å². The molecule has 0 amide bonds. The molecule has 0 unspecified atom stereocenters. The monoisotopic (exact) mass is 442 g/mol. The first-order valence-electron chi connectivity index (χ1n) is 9.26. The molecule has 8 heteroatoms. The van der Waals surface area contributed by atoms with Gasteiger partial charge in [0.05, 0.1) is 21.5 Å². The van der Waals surface area contributed by atoms with E-state index in [-0.39, 0.29) is 0 Å². The molecular weight excluding hydrogens is 419 g/mol. The molecule has 2 aromatic carbocycles. The number of piperazine rings is 1. The van der Waals surface area contributed by atoms with Crippen LogP contribution in [-0.2, 0) is 10.0 Å². The number of ether oxygens (including phenoxy) is 1. The minimum Gasteiger partial charge on any atom is -0.493 e. The van der Waals surface area contributed by atoms with Crippen molar-refractivity contribution in [1.29, 1.82) is 0 Å². The quantitative estimate of drug-likeness (QED) is 0.655. The van der Waals surface area contributed by atoms with Gasteiger partial charge in [-0.1, -0.05) is 30.1 Å². The van der Waals surface area contributed by atoms with Crippen molar-refractivity contribution in [3.8, 4) is 5.75 Å². The Morgan fingerprint density at radius 3 is 2.32 bits per heavy atom. The Morgan fingerprint density at radius 1 is 1.00 bits per heavy atom. The maximum atomic E-state index is 13.0. The van der Waals surface area contributed by atoms with Crippen LogP contribution >= 0.6 is 23.2 Å². The molecule has 28 heavy (non-hydrogen) atoms. The van der Waals surface area contributed by atoms with E-state index in [4.69, 9.17) is 27.9 Å². The molecular formula is C20H24Cl2N2O3S. The van der Waals surface area contributed by atoms with Crippen molar-refractivity contribution < 1.29 is 13.2 Å². The van der Waals surface area contributed by atoms with Crippen molar-refractivity contribution in [2.75, 3.05) is 37.7 Å². The van der Waals surface area contributed by atoms with Gasteiger partial charge in [0.1, 0.15) is 5.75 Å². The van der Waals surface area contributed by atoms with E-state index in [0.29, 0.717) is 47.7 Å². The van der Waals surface area contributed by atoms with Crippen LogP contribution in [0.2, 0.25) is 10.0 Å². The third-order valence-electron chi connectivity index (χ3n) is 4.75. The fourth-order valence-electron chi connectivity index (χ4n) is 3.17. The zero-order chi connectivity index (χ0) is 20.3. The summed E-state index contributed by atoms with van der Waals surface area (Å²) >= 11 is 12.1. The minimum absolute atomic E-state index is 0.303. The first-order chi connectivity index (χ1) is 13.3. The van der Waals surface area contributed by atoms with Crippen LogP contribution in [0.4, 0.5) is 5.69 Å². The normalized spacial score (nSPS) is 15.6. The Bertz CT molecular complexity index is 942. The number of aryl methyl sites for hydroxylation is 1. The second kappa shape index (κ2) is 8.91. The van der Waals surface area contributed by atoms with Crippen LogP contribution in [0, 0.1) is 6.92 Å². The highest BCUT2D eigenvalue weighted by atomic mass is 35.5. The number of anilines is 1. The second-order valence-corrected chi connectivity index (χ2v) is 9.52. The SMILES string of the molecule is CCCOc1ccc(S(=O)(=O)N2CCN(c3ccc(Cl)c(Cl)c3)CC2)cc1C. The van der Waals surface area contributed by atoms with Gasteiger partial charge in [-0.15, -0.1) is 0 Å². The second-order valence-electron chi connectivity index (χ2n) is 6.77. The van der Waals surface area contributed by atoms with Gasteiger partial charge in [0.25, 0.3) is 0 Å². The van der Waals surface area contributed by atoms with Crippen molar-refractivity contribution in [1.82, 2.24) is 4.31 Å². The molecule has 0 N–H and O–H groups in total. The van der Waals surface area contributed by atoms with E-state index in [2.05, 4.69) is 4.90 Å². The van der Waals surface area contributed by atoms with Crippen molar-refractivity contribution in [3.05, 3.63) is 52.0 Å². The standard InChI is InChI=1S/C20H24Cl2N2O3S/c1-3-12-27-20-7-5-17(13-15(20)2)28(25,26)24-10-8-23(9-11-24)16-4-6-18(21)19(22)14-16/h4-7,13-14H,3,8-12H2,1-2H3. The molecule has 0 aromatic heterocycles. The predicted octanol–water partition coefficient (Wildman–Crippen LogP) is 4.60. The number of benzene rings is 2. The Kier molecular flexibility index (Phi) is 6.76. The first kappa shape index (κ1) is 21.2. The van der Waals surface area contributed by atoms with Gasteiger partial charge in [-0.2, -0.15) is 4.31 Å². The number of hydrogen-bond donors (Lipinski definition) is 0. The third kappa shape index (κ3) is 4.57. The van der Waals surface area contributed by atoms with E-state index in [1.54, 1.807) is 24.3 Å². The van der Waals surface area contributed by atoms with Gasteiger partial charge >= 0.3 is 0 Å². The predicted molar refractivity (Wildman–Crippen MR) is 114 cm³/mol. The molecule has 0 saturated carbocycles.